The molecule has 1 N–H and O–H groups in total. The van der Waals surface area contributed by atoms with E-state index in [1.165, 1.54) is 23.3 Å². The lowest BCUT2D eigenvalue weighted by atomic mass is 10.1. The molecule has 1 saturated heterocycles. The van der Waals surface area contributed by atoms with Gasteiger partial charge in [0.05, 0.1) is 5.69 Å². The first-order chi connectivity index (χ1) is 10.2. The molecule has 5 heteroatoms. The van der Waals surface area contributed by atoms with Gasteiger partial charge in [-0.05, 0) is 26.2 Å². The number of nitrogens with one attached hydrogen (secondary N) is 1. The van der Waals surface area contributed by atoms with Gasteiger partial charge in [0.2, 0.25) is 0 Å². The van der Waals surface area contributed by atoms with Crippen LogP contribution in [0.5, 0.6) is 0 Å². The highest BCUT2D eigenvalue weighted by molar-refractivity contribution is 7.14. The highest BCUT2D eigenvalue weighted by atomic mass is 32.1. The zero-order chi connectivity index (χ0) is 14.7. The number of amides is 2. The van der Waals surface area contributed by atoms with E-state index in [-0.39, 0.29) is 6.03 Å². The van der Waals surface area contributed by atoms with Gasteiger partial charge in [0.1, 0.15) is 0 Å². The Morgan fingerprint density at radius 2 is 1.90 bits per heavy atom. The smallest absolute Gasteiger partial charge is 0.323 e. The number of hydrogen-bond donors (Lipinski definition) is 1. The molecule has 0 unspecified atom stereocenters. The van der Waals surface area contributed by atoms with Gasteiger partial charge >= 0.3 is 6.03 Å². The van der Waals surface area contributed by atoms with Gasteiger partial charge in [-0.25, -0.2) is 9.78 Å². The van der Waals surface area contributed by atoms with Crippen molar-refractivity contribution in [3.63, 3.8) is 0 Å². The topological polar surface area (TPSA) is 45.2 Å². The molecule has 0 atom stereocenters. The van der Waals surface area contributed by atoms with Crippen LogP contribution in [0.25, 0.3) is 11.3 Å². The number of carbonyl (C=O) groups excluding carboxylic acids is 1. The van der Waals surface area contributed by atoms with Crippen molar-refractivity contribution >= 4 is 22.5 Å². The Morgan fingerprint density at radius 1 is 1.19 bits per heavy atom. The number of aromatic nitrogens is 1. The van der Waals surface area contributed by atoms with Crippen molar-refractivity contribution in [2.45, 2.75) is 26.2 Å². The van der Waals surface area contributed by atoms with Crippen LogP contribution in [-0.2, 0) is 0 Å². The molecule has 0 aliphatic carbocycles. The van der Waals surface area contributed by atoms with Gasteiger partial charge in [0, 0.05) is 24.0 Å². The third-order valence-corrected chi connectivity index (χ3v) is 4.47. The summed E-state index contributed by atoms with van der Waals surface area (Å²) in [7, 11) is 0. The number of likely N-dealkylation sites (tertiary alicyclic amines) is 1. The highest BCUT2D eigenvalue weighted by Crippen LogP contribution is 2.25. The third kappa shape index (κ3) is 3.42. The Morgan fingerprint density at radius 3 is 2.62 bits per heavy atom. The predicted molar refractivity (Wildman–Crippen MR) is 86.7 cm³/mol. The molecule has 0 spiro atoms. The van der Waals surface area contributed by atoms with Crippen LogP contribution in [0, 0.1) is 6.92 Å². The third-order valence-electron chi connectivity index (χ3n) is 3.71. The van der Waals surface area contributed by atoms with E-state index in [0.29, 0.717) is 5.13 Å². The highest BCUT2D eigenvalue weighted by Gasteiger charge is 2.17. The lowest BCUT2D eigenvalue weighted by Gasteiger charge is -2.26. The number of thiazole rings is 1. The second-order valence-corrected chi connectivity index (χ2v) is 6.24. The van der Waals surface area contributed by atoms with Crippen molar-refractivity contribution in [2.75, 3.05) is 18.4 Å². The second-order valence-electron chi connectivity index (χ2n) is 5.38. The predicted octanol–water partition coefficient (Wildman–Crippen LogP) is 4.14. The van der Waals surface area contributed by atoms with Crippen LogP contribution in [0.2, 0.25) is 0 Å². The van der Waals surface area contributed by atoms with E-state index in [4.69, 9.17) is 0 Å². The fourth-order valence-corrected chi connectivity index (χ4v) is 3.16. The maximum atomic E-state index is 12.1. The van der Waals surface area contributed by atoms with Crippen LogP contribution in [0.4, 0.5) is 9.93 Å². The van der Waals surface area contributed by atoms with Crippen molar-refractivity contribution < 1.29 is 4.79 Å². The largest absolute Gasteiger partial charge is 0.324 e. The van der Waals surface area contributed by atoms with Gasteiger partial charge in [-0.1, -0.05) is 29.8 Å². The number of hydrogen-bond acceptors (Lipinski definition) is 3. The van der Waals surface area contributed by atoms with Crippen molar-refractivity contribution in [2.24, 2.45) is 0 Å². The van der Waals surface area contributed by atoms with Crippen molar-refractivity contribution in [1.82, 2.24) is 9.88 Å². The summed E-state index contributed by atoms with van der Waals surface area (Å²) in [5, 5.41) is 5.56. The quantitative estimate of drug-likeness (QED) is 0.906. The minimum Gasteiger partial charge on any atom is -0.324 e. The molecule has 2 aromatic rings. The first-order valence-electron chi connectivity index (χ1n) is 7.31. The normalized spacial score (nSPS) is 15.0. The fourth-order valence-electron chi connectivity index (χ4n) is 2.46. The first kappa shape index (κ1) is 14.1. The maximum Gasteiger partial charge on any atom is 0.323 e. The van der Waals surface area contributed by atoms with Crippen LogP contribution in [-0.4, -0.2) is 29.0 Å². The Kier molecular flexibility index (Phi) is 4.20. The standard InChI is InChI=1S/C16H19N3OS/c1-12-5-7-13(8-6-12)14-11-21-15(17-14)18-16(20)19-9-3-2-4-10-19/h5-8,11H,2-4,9-10H2,1H3,(H,17,18,20). The number of anilines is 1. The molecule has 110 valence electrons. The molecule has 0 bridgehead atoms. The molecule has 2 amide bonds. The molecular weight excluding hydrogens is 282 g/mol. The number of carbonyl (C=O) groups is 1. The number of aryl methyl sites for hydroxylation is 1. The Hall–Kier alpha value is -1.88. The summed E-state index contributed by atoms with van der Waals surface area (Å²) in [4.78, 5) is 18.5. The molecule has 1 fully saturated rings. The number of urea groups is 1. The summed E-state index contributed by atoms with van der Waals surface area (Å²) in [5.74, 6) is 0. The van der Waals surface area contributed by atoms with Crippen molar-refractivity contribution in [3.05, 3.63) is 35.2 Å². The summed E-state index contributed by atoms with van der Waals surface area (Å²) in [6, 6.07) is 8.22. The summed E-state index contributed by atoms with van der Waals surface area (Å²) < 4.78 is 0. The molecule has 21 heavy (non-hydrogen) atoms. The minimum absolute atomic E-state index is 0.0282. The Balaban J connectivity index is 1.67. The molecule has 4 nitrogen and oxygen atoms in total. The summed E-state index contributed by atoms with van der Waals surface area (Å²) in [5.41, 5.74) is 3.22. The Labute approximate surface area is 128 Å². The van der Waals surface area contributed by atoms with Crippen LogP contribution in [0.1, 0.15) is 24.8 Å². The van der Waals surface area contributed by atoms with Gasteiger partial charge in [0.25, 0.3) is 0 Å². The summed E-state index contributed by atoms with van der Waals surface area (Å²) >= 11 is 1.47. The van der Waals surface area contributed by atoms with Crippen LogP contribution >= 0.6 is 11.3 Å². The zero-order valence-electron chi connectivity index (χ0n) is 12.1. The van der Waals surface area contributed by atoms with E-state index in [0.717, 1.165) is 37.2 Å². The molecule has 1 aromatic carbocycles. The number of piperidine rings is 1. The number of nitrogens with zero attached hydrogens (tertiary/aromatic N) is 2. The van der Waals surface area contributed by atoms with Gasteiger partial charge in [-0.3, -0.25) is 5.32 Å². The van der Waals surface area contributed by atoms with Gasteiger partial charge in [-0.15, -0.1) is 11.3 Å². The van der Waals surface area contributed by atoms with Gasteiger partial charge < -0.3 is 4.90 Å². The average molecular weight is 301 g/mol. The van der Waals surface area contributed by atoms with Gasteiger partial charge in [-0.2, -0.15) is 0 Å². The molecule has 1 aromatic heterocycles. The summed E-state index contributed by atoms with van der Waals surface area (Å²) in [6.07, 6.45) is 3.42. The molecule has 3 rings (SSSR count). The first-order valence-corrected chi connectivity index (χ1v) is 8.19. The van der Waals surface area contributed by atoms with E-state index in [1.807, 2.05) is 10.3 Å². The second kappa shape index (κ2) is 6.26. The zero-order valence-corrected chi connectivity index (χ0v) is 12.9. The van der Waals surface area contributed by atoms with Crippen LogP contribution in [0.15, 0.2) is 29.6 Å². The Bertz CT molecular complexity index is 615. The minimum atomic E-state index is -0.0282. The van der Waals surface area contributed by atoms with E-state index < -0.39 is 0 Å². The van der Waals surface area contributed by atoms with Crippen molar-refractivity contribution in [3.8, 4) is 11.3 Å². The fraction of sp³-hybridized carbons (Fsp3) is 0.375. The molecule has 0 radical (unpaired) electrons. The van der Waals surface area contributed by atoms with Gasteiger partial charge in [0.15, 0.2) is 5.13 Å². The maximum absolute atomic E-state index is 12.1. The monoisotopic (exact) mass is 301 g/mol. The number of rotatable bonds is 2. The van der Waals surface area contributed by atoms with E-state index >= 15 is 0 Å². The van der Waals surface area contributed by atoms with Crippen LogP contribution in [0.3, 0.4) is 0 Å². The lowest BCUT2D eigenvalue weighted by Crippen LogP contribution is -2.38. The molecule has 1 aliphatic rings. The molecule has 1 aliphatic heterocycles. The number of benzene rings is 1. The summed E-state index contributed by atoms with van der Waals surface area (Å²) in [6.45, 7) is 3.76. The van der Waals surface area contributed by atoms with Crippen molar-refractivity contribution in [1.29, 1.82) is 0 Å². The molecular formula is C16H19N3OS. The molecule has 2 heterocycles. The SMILES string of the molecule is Cc1ccc(-c2csc(NC(=O)N3CCCCC3)n2)cc1. The lowest BCUT2D eigenvalue weighted by molar-refractivity contribution is 0.200. The average Bonchev–Trinajstić information content (AvgIpc) is 2.97. The molecule has 0 saturated carbocycles. The van der Waals surface area contributed by atoms with E-state index in [1.54, 1.807) is 0 Å². The van der Waals surface area contributed by atoms with E-state index in [2.05, 4.69) is 41.5 Å². The van der Waals surface area contributed by atoms with Crippen LogP contribution < -0.4 is 5.32 Å². The van der Waals surface area contributed by atoms with E-state index in [9.17, 15) is 4.79 Å².